The van der Waals surface area contributed by atoms with Gasteiger partial charge in [0.2, 0.25) is 0 Å². The van der Waals surface area contributed by atoms with Crippen LogP contribution in [0.15, 0.2) is 36.7 Å². The van der Waals surface area contributed by atoms with E-state index in [1.165, 1.54) is 0 Å². The van der Waals surface area contributed by atoms with Crippen LogP contribution in [0.4, 0.5) is 0 Å². The van der Waals surface area contributed by atoms with E-state index in [4.69, 9.17) is 9.47 Å². The summed E-state index contributed by atoms with van der Waals surface area (Å²) in [5.41, 5.74) is 0.910. The molecule has 2 heterocycles. The highest BCUT2D eigenvalue weighted by Gasteiger charge is 2.74. The number of aryl methyl sites for hydroxylation is 2. The molecule has 0 amide bonds. The van der Waals surface area contributed by atoms with Crippen LogP contribution in [0.1, 0.15) is 105 Å². The zero-order valence-corrected chi connectivity index (χ0v) is 28.6. The minimum Gasteiger partial charge on any atom is -0.465 e. The fraction of sp³-hybridized carbons (Fsp3) is 0.763. The van der Waals surface area contributed by atoms with Crippen LogP contribution < -0.4 is 0 Å². The number of carbonyl (C=O) groups is 2. The summed E-state index contributed by atoms with van der Waals surface area (Å²) in [7, 11) is 0. The normalized spacial score (nSPS) is 43.7. The molecule has 1 aromatic heterocycles. The summed E-state index contributed by atoms with van der Waals surface area (Å²) < 4.78 is 14.7. The van der Waals surface area contributed by atoms with E-state index < -0.39 is 16.9 Å². The third-order valence-electron chi connectivity index (χ3n) is 14.4. The molecule has 4 aliphatic carbocycles. The molecule has 1 N–H and O–H groups in total. The summed E-state index contributed by atoms with van der Waals surface area (Å²) in [5.74, 6) is 1.35. The maximum Gasteiger partial charge on any atom is 0.312 e. The Hall–Kier alpha value is -2.41. The molecule has 11 atom stereocenters. The number of aliphatic hydroxyl groups is 1. The Morgan fingerprint density at radius 3 is 2.56 bits per heavy atom. The second-order valence-corrected chi connectivity index (χ2v) is 16.3. The first-order chi connectivity index (χ1) is 21.2. The molecule has 5 fully saturated rings. The van der Waals surface area contributed by atoms with Gasteiger partial charge in [-0.05, 0) is 99.7 Å². The topological polar surface area (TPSA) is 90.7 Å². The summed E-state index contributed by atoms with van der Waals surface area (Å²) in [6.45, 7) is 23.4. The van der Waals surface area contributed by atoms with E-state index in [9.17, 15) is 14.7 Å². The zero-order chi connectivity index (χ0) is 32.5. The first kappa shape index (κ1) is 32.5. The SMILES string of the molecule is C=C(C)[C@@H]1CC[C@]2(C(=O)OCCCn3ccnc3CC)CC[C@]3(C)[C@H](C[C@H]4OC(=O)C[C@@H](O)[C@]5(C)[C@@H]4[C@@]3(C)CC[C@H]5C(=C)C)[C@@H]12. The van der Waals surface area contributed by atoms with Gasteiger partial charge >= 0.3 is 11.9 Å². The zero-order valence-electron chi connectivity index (χ0n) is 28.6. The highest BCUT2D eigenvalue weighted by molar-refractivity contribution is 5.78. The third kappa shape index (κ3) is 4.64. The van der Waals surface area contributed by atoms with Gasteiger partial charge in [0.15, 0.2) is 0 Å². The molecule has 0 bridgehead atoms. The molecular weight excluding hydrogens is 564 g/mol. The molecule has 0 spiro atoms. The number of aromatic nitrogens is 2. The van der Waals surface area contributed by atoms with Crippen molar-refractivity contribution in [2.75, 3.05) is 6.61 Å². The maximum absolute atomic E-state index is 14.3. The van der Waals surface area contributed by atoms with Gasteiger partial charge in [0, 0.05) is 36.7 Å². The van der Waals surface area contributed by atoms with Gasteiger partial charge in [-0.1, -0.05) is 52.0 Å². The quantitative estimate of drug-likeness (QED) is 0.190. The lowest BCUT2D eigenvalue weighted by Crippen LogP contribution is -2.69. The van der Waals surface area contributed by atoms with Gasteiger partial charge in [0.05, 0.1) is 24.5 Å². The molecular formula is C38H56N2O5. The molecule has 4 saturated carbocycles. The summed E-state index contributed by atoms with van der Waals surface area (Å²) in [6, 6.07) is 0. The van der Waals surface area contributed by atoms with Crippen molar-refractivity contribution in [1.29, 1.82) is 0 Å². The number of rotatable bonds is 8. The lowest BCUT2D eigenvalue weighted by atomic mass is 9.33. The Bertz CT molecular complexity index is 1370. The Morgan fingerprint density at radius 1 is 1.11 bits per heavy atom. The standard InChI is InChI=1S/C38H56N2O5/c1-9-30-39-17-19-40(30)18-10-20-44-34(43)38-14-11-25(23(2)3)32(38)27-21-28-33-36(7,35(27,6)15-16-38)13-12-26(24(4)5)37(33,8)29(41)22-31(42)45-28/h17,19,25-29,32-33,41H,2,4,9-16,18,20-22H2,1,3,5-8H3/t25-,26-,27+,28+,29+,32+,33-,35+,36+,37+,38-/m0/s1. The van der Waals surface area contributed by atoms with E-state index in [0.29, 0.717) is 6.61 Å². The van der Waals surface area contributed by atoms with E-state index in [1.807, 2.05) is 12.4 Å². The smallest absolute Gasteiger partial charge is 0.312 e. The number of esters is 2. The van der Waals surface area contributed by atoms with Crippen molar-refractivity contribution in [3.8, 4) is 0 Å². The van der Waals surface area contributed by atoms with E-state index in [0.717, 1.165) is 81.3 Å². The van der Waals surface area contributed by atoms with Gasteiger partial charge in [-0.2, -0.15) is 0 Å². The molecule has 1 aromatic rings. The molecule has 45 heavy (non-hydrogen) atoms. The number of carbonyl (C=O) groups excluding carboxylic acids is 2. The van der Waals surface area contributed by atoms with Crippen LogP contribution >= 0.6 is 0 Å². The molecule has 6 rings (SSSR count). The van der Waals surface area contributed by atoms with Crippen LogP contribution in [0.2, 0.25) is 0 Å². The number of hydrogen-bond donors (Lipinski definition) is 1. The summed E-state index contributed by atoms with van der Waals surface area (Å²) in [6.07, 6.45) is 10.6. The Labute approximate surface area is 270 Å². The van der Waals surface area contributed by atoms with Crippen LogP contribution in [0.5, 0.6) is 0 Å². The van der Waals surface area contributed by atoms with Crippen molar-refractivity contribution < 1.29 is 24.2 Å². The number of allylic oxidation sites excluding steroid dienone is 2. The van der Waals surface area contributed by atoms with E-state index in [2.05, 4.69) is 64.3 Å². The molecule has 248 valence electrons. The van der Waals surface area contributed by atoms with E-state index in [1.54, 1.807) is 0 Å². The lowest BCUT2D eigenvalue weighted by Gasteiger charge is -2.71. The third-order valence-corrected chi connectivity index (χ3v) is 14.4. The second-order valence-electron chi connectivity index (χ2n) is 16.3. The highest BCUT2D eigenvalue weighted by atomic mass is 16.5. The Balaban J connectivity index is 1.33. The first-order valence-corrected chi connectivity index (χ1v) is 17.6. The maximum atomic E-state index is 14.3. The fourth-order valence-corrected chi connectivity index (χ4v) is 12.2. The summed E-state index contributed by atoms with van der Waals surface area (Å²) in [5, 5.41) is 11.7. The number of ether oxygens (including phenoxy) is 2. The molecule has 7 nitrogen and oxygen atoms in total. The van der Waals surface area contributed by atoms with Gasteiger partial charge < -0.3 is 19.1 Å². The molecule has 1 aliphatic heterocycles. The van der Waals surface area contributed by atoms with Gasteiger partial charge in [-0.3, -0.25) is 9.59 Å². The van der Waals surface area contributed by atoms with E-state index >= 15 is 0 Å². The average Bonchev–Trinajstić information content (AvgIpc) is 3.58. The molecule has 5 aliphatic rings. The molecule has 7 heteroatoms. The molecule has 0 unspecified atom stereocenters. The predicted molar refractivity (Wildman–Crippen MR) is 174 cm³/mol. The van der Waals surface area contributed by atoms with Crippen molar-refractivity contribution in [2.24, 2.45) is 51.2 Å². The monoisotopic (exact) mass is 620 g/mol. The fourth-order valence-electron chi connectivity index (χ4n) is 12.2. The molecule has 0 radical (unpaired) electrons. The van der Waals surface area contributed by atoms with Crippen LogP contribution in [-0.2, 0) is 32.0 Å². The highest BCUT2D eigenvalue weighted by Crippen LogP contribution is 2.77. The van der Waals surface area contributed by atoms with Crippen molar-refractivity contribution in [2.45, 2.75) is 125 Å². The van der Waals surface area contributed by atoms with Crippen LogP contribution in [0.25, 0.3) is 0 Å². The lowest BCUT2D eigenvalue weighted by molar-refractivity contribution is -0.260. The van der Waals surface area contributed by atoms with Crippen LogP contribution in [-0.4, -0.2) is 45.4 Å². The second kappa shape index (κ2) is 11.4. The largest absolute Gasteiger partial charge is 0.465 e. The van der Waals surface area contributed by atoms with E-state index in [-0.39, 0.29) is 64.9 Å². The minimum absolute atomic E-state index is 0.0171. The van der Waals surface area contributed by atoms with Gasteiger partial charge in [0.1, 0.15) is 11.9 Å². The average molecular weight is 621 g/mol. The van der Waals surface area contributed by atoms with Gasteiger partial charge in [0.25, 0.3) is 0 Å². The Kier molecular flexibility index (Phi) is 8.23. The van der Waals surface area contributed by atoms with Crippen molar-refractivity contribution >= 4 is 11.9 Å². The number of imidazole rings is 1. The number of aliphatic hydroxyl groups excluding tert-OH is 1. The predicted octanol–water partition coefficient (Wildman–Crippen LogP) is 7.08. The van der Waals surface area contributed by atoms with Crippen LogP contribution in [0, 0.1) is 51.2 Å². The Morgan fingerprint density at radius 2 is 1.87 bits per heavy atom. The molecule has 1 saturated heterocycles. The number of nitrogens with zero attached hydrogens (tertiary/aromatic N) is 2. The number of hydrogen-bond acceptors (Lipinski definition) is 6. The van der Waals surface area contributed by atoms with Crippen LogP contribution in [0.3, 0.4) is 0 Å². The summed E-state index contributed by atoms with van der Waals surface area (Å²) >= 11 is 0. The molecule has 0 aromatic carbocycles. The van der Waals surface area contributed by atoms with Gasteiger partial charge in [-0.25, -0.2) is 4.98 Å². The van der Waals surface area contributed by atoms with Crippen molar-refractivity contribution in [3.63, 3.8) is 0 Å². The van der Waals surface area contributed by atoms with Crippen molar-refractivity contribution in [3.05, 3.63) is 42.5 Å². The summed E-state index contributed by atoms with van der Waals surface area (Å²) in [4.78, 5) is 32.0. The first-order valence-electron chi connectivity index (χ1n) is 17.6. The van der Waals surface area contributed by atoms with Gasteiger partial charge in [-0.15, -0.1) is 0 Å². The number of fused-ring (bicyclic) bond motifs is 4. The minimum atomic E-state index is -0.774. The van der Waals surface area contributed by atoms with Crippen molar-refractivity contribution in [1.82, 2.24) is 9.55 Å².